The molecular formula is C10H11BrN4O4. The quantitative estimate of drug-likeness (QED) is 0.617. The smallest absolute Gasteiger partial charge is 0.327 e. The fourth-order valence-electron chi connectivity index (χ4n) is 2.03. The van der Waals surface area contributed by atoms with Crippen LogP contribution in [0.25, 0.3) is 0 Å². The summed E-state index contributed by atoms with van der Waals surface area (Å²) in [4.78, 5) is 27.0. The van der Waals surface area contributed by atoms with Gasteiger partial charge >= 0.3 is 11.7 Å². The highest BCUT2D eigenvalue weighted by molar-refractivity contribution is 9.10. The third-order valence-corrected chi connectivity index (χ3v) is 3.45. The maximum atomic E-state index is 11.2. The van der Waals surface area contributed by atoms with Crippen LogP contribution in [0.1, 0.15) is 0 Å². The summed E-state index contributed by atoms with van der Waals surface area (Å²) in [6, 6.07) is -0.842. The molecule has 1 aliphatic rings. The lowest BCUT2D eigenvalue weighted by Crippen LogP contribution is -2.55. The largest absolute Gasteiger partial charge is 0.480 e. The fraction of sp³-hybridized carbons (Fsp3) is 0.400. The van der Waals surface area contributed by atoms with E-state index in [9.17, 15) is 20.0 Å². The molecule has 0 radical (unpaired) electrons. The second kappa shape index (κ2) is 5.49. The first-order valence-electron chi connectivity index (χ1n) is 5.50. The fourth-order valence-corrected chi connectivity index (χ4v) is 2.58. The third kappa shape index (κ3) is 2.66. The van der Waals surface area contributed by atoms with Crippen LogP contribution in [0.2, 0.25) is 0 Å². The molecule has 9 heteroatoms. The molecule has 1 aromatic rings. The van der Waals surface area contributed by atoms with Crippen LogP contribution in [0.15, 0.2) is 16.9 Å². The summed E-state index contributed by atoms with van der Waals surface area (Å²) in [5.74, 6) is -1.02. The van der Waals surface area contributed by atoms with E-state index >= 15 is 0 Å². The first-order valence-corrected chi connectivity index (χ1v) is 6.29. The van der Waals surface area contributed by atoms with Gasteiger partial charge in [0, 0.05) is 25.8 Å². The monoisotopic (exact) mass is 330 g/mol. The van der Waals surface area contributed by atoms with Crippen molar-refractivity contribution in [3.8, 4) is 0 Å². The minimum absolute atomic E-state index is 0.206. The molecule has 0 amide bonds. The van der Waals surface area contributed by atoms with Gasteiger partial charge in [-0.3, -0.25) is 15.1 Å². The molecule has 0 bridgehead atoms. The van der Waals surface area contributed by atoms with E-state index in [0.29, 0.717) is 17.6 Å². The minimum atomic E-state index is -1.02. The summed E-state index contributed by atoms with van der Waals surface area (Å²) in [5.41, 5.74) is 0.0522. The predicted molar refractivity (Wildman–Crippen MR) is 70.2 cm³/mol. The number of anilines is 1. The van der Waals surface area contributed by atoms with Crippen molar-refractivity contribution in [2.75, 3.05) is 24.5 Å². The number of hydrogen-bond donors (Lipinski definition) is 2. The molecule has 0 aromatic carbocycles. The molecule has 2 N–H and O–H groups in total. The van der Waals surface area contributed by atoms with Crippen LogP contribution in [0, 0.1) is 10.1 Å². The van der Waals surface area contributed by atoms with Crippen LogP contribution >= 0.6 is 15.9 Å². The van der Waals surface area contributed by atoms with Crippen molar-refractivity contribution in [1.29, 1.82) is 0 Å². The third-order valence-electron chi connectivity index (χ3n) is 2.87. The van der Waals surface area contributed by atoms with E-state index in [2.05, 4.69) is 26.2 Å². The number of nitrogens with zero attached hydrogens (tertiary/aromatic N) is 3. The standard InChI is InChI=1S/C10H11BrN4O4/c11-6-3-13-4-7(15(18)19)9(6)14-2-1-12-5-8(14)10(16)17/h3-4,8,12H,1-2,5H2,(H,16,17). The van der Waals surface area contributed by atoms with Crippen molar-refractivity contribution in [2.24, 2.45) is 0 Å². The van der Waals surface area contributed by atoms with Crippen molar-refractivity contribution < 1.29 is 14.8 Å². The molecule has 102 valence electrons. The summed E-state index contributed by atoms with van der Waals surface area (Å²) in [6.45, 7) is 1.18. The maximum Gasteiger partial charge on any atom is 0.327 e. The number of rotatable bonds is 3. The van der Waals surface area contributed by atoms with Gasteiger partial charge in [0.1, 0.15) is 17.9 Å². The Morgan fingerprint density at radius 3 is 3.00 bits per heavy atom. The Bertz CT molecular complexity index is 524. The van der Waals surface area contributed by atoms with E-state index < -0.39 is 16.9 Å². The Labute approximate surface area is 116 Å². The lowest BCUT2D eigenvalue weighted by molar-refractivity contribution is -0.384. The summed E-state index contributed by atoms with van der Waals surface area (Å²) in [5, 5.41) is 23.2. The molecule has 2 rings (SSSR count). The molecule has 1 fully saturated rings. The van der Waals surface area contributed by atoms with E-state index in [1.807, 2.05) is 0 Å². The zero-order valence-corrected chi connectivity index (χ0v) is 11.3. The molecule has 19 heavy (non-hydrogen) atoms. The van der Waals surface area contributed by atoms with E-state index in [0.717, 1.165) is 6.20 Å². The molecule has 1 saturated heterocycles. The number of piperazine rings is 1. The molecular weight excluding hydrogens is 320 g/mol. The van der Waals surface area contributed by atoms with Gasteiger partial charge in [-0.1, -0.05) is 0 Å². The lowest BCUT2D eigenvalue weighted by Gasteiger charge is -2.35. The van der Waals surface area contributed by atoms with Gasteiger partial charge in [-0.05, 0) is 15.9 Å². The lowest BCUT2D eigenvalue weighted by atomic mass is 10.1. The molecule has 1 atom stereocenters. The number of aromatic nitrogens is 1. The van der Waals surface area contributed by atoms with E-state index in [1.54, 1.807) is 0 Å². The maximum absolute atomic E-state index is 11.2. The van der Waals surface area contributed by atoms with E-state index in [4.69, 9.17) is 0 Å². The number of carboxylic acid groups (broad SMARTS) is 1. The second-order valence-electron chi connectivity index (χ2n) is 4.00. The molecule has 1 aromatic heterocycles. The van der Waals surface area contributed by atoms with Gasteiger partial charge in [-0.25, -0.2) is 4.79 Å². The second-order valence-corrected chi connectivity index (χ2v) is 4.85. The first-order chi connectivity index (χ1) is 9.02. The molecule has 0 aliphatic carbocycles. The van der Waals surface area contributed by atoms with Crippen molar-refractivity contribution in [3.63, 3.8) is 0 Å². The van der Waals surface area contributed by atoms with Gasteiger partial charge in [-0.2, -0.15) is 0 Å². The summed E-state index contributed by atoms with van der Waals surface area (Å²) in [7, 11) is 0. The highest BCUT2D eigenvalue weighted by Gasteiger charge is 2.34. The van der Waals surface area contributed by atoms with Gasteiger partial charge in [0.05, 0.1) is 9.40 Å². The van der Waals surface area contributed by atoms with Crippen LogP contribution in [-0.2, 0) is 4.79 Å². The van der Waals surface area contributed by atoms with Crippen molar-refractivity contribution in [1.82, 2.24) is 10.3 Å². The van der Waals surface area contributed by atoms with E-state index in [-0.39, 0.29) is 17.9 Å². The summed E-state index contributed by atoms with van der Waals surface area (Å²) < 4.78 is 0.412. The number of pyridine rings is 1. The molecule has 1 aliphatic heterocycles. The number of nitrogens with one attached hydrogen (secondary N) is 1. The average molecular weight is 331 g/mol. The number of carboxylic acids is 1. The SMILES string of the molecule is O=C(O)C1CNCCN1c1c(Br)cncc1[N+](=O)[O-]. The first kappa shape index (κ1) is 13.7. The van der Waals surface area contributed by atoms with Gasteiger partial charge in [0.2, 0.25) is 0 Å². The molecule has 1 unspecified atom stereocenters. The predicted octanol–water partition coefficient (Wildman–Crippen LogP) is 0.615. The van der Waals surface area contributed by atoms with Crippen LogP contribution in [0.5, 0.6) is 0 Å². The van der Waals surface area contributed by atoms with Crippen molar-refractivity contribution in [2.45, 2.75) is 6.04 Å². The number of hydrogen-bond acceptors (Lipinski definition) is 6. The van der Waals surface area contributed by atoms with Gasteiger partial charge in [0.25, 0.3) is 0 Å². The Hall–Kier alpha value is -1.74. The average Bonchev–Trinajstić information content (AvgIpc) is 2.38. The molecule has 0 spiro atoms. The number of nitro groups is 1. The number of carbonyl (C=O) groups is 1. The highest BCUT2D eigenvalue weighted by Crippen LogP contribution is 2.36. The zero-order valence-electron chi connectivity index (χ0n) is 9.74. The topological polar surface area (TPSA) is 109 Å². The molecule has 0 saturated carbocycles. The Kier molecular flexibility index (Phi) is 3.96. The Morgan fingerprint density at radius 1 is 1.63 bits per heavy atom. The molecule has 8 nitrogen and oxygen atoms in total. The van der Waals surface area contributed by atoms with Crippen molar-refractivity contribution >= 4 is 33.3 Å². The summed E-state index contributed by atoms with van der Waals surface area (Å²) >= 11 is 3.21. The Balaban J connectivity index is 2.49. The minimum Gasteiger partial charge on any atom is -0.480 e. The zero-order chi connectivity index (χ0) is 14.0. The summed E-state index contributed by atoms with van der Waals surface area (Å²) in [6.07, 6.45) is 2.55. The van der Waals surface area contributed by atoms with Crippen molar-refractivity contribution in [3.05, 3.63) is 27.0 Å². The van der Waals surface area contributed by atoms with Crippen LogP contribution in [0.4, 0.5) is 11.4 Å². The molecule has 2 heterocycles. The number of aliphatic carboxylic acids is 1. The van der Waals surface area contributed by atoms with Gasteiger partial charge in [-0.15, -0.1) is 0 Å². The van der Waals surface area contributed by atoms with Crippen LogP contribution in [-0.4, -0.2) is 46.7 Å². The normalized spacial score (nSPS) is 19.2. The van der Waals surface area contributed by atoms with E-state index in [1.165, 1.54) is 11.1 Å². The number of halogens is 1. The van der Waals surface area contributed by atoms with Gasteiger partial charge in [0.15, 0.2) is 0 Å². The Morgan fingerprint density at radius 2 is 2.37 bits per heavy atom. The van der Waals surface area contributed by atoms with Crippen LogP contribution in [0.3, 0.4) is 0 Å². The van der Waals surface area contributed by atoms with Crippen LogP contribution < -0.4 is 10.2 Å². The highest BCUT2D eigenvalue weighted by atomic mass is 79.9. The van der Waals surface area contributed by atoms with Gasteiger partial charge < -0.3 is 15.3 Å².